The van der Waals surface area contributed by atoms with E-state index in [0.29, 0.717) is 6.07 Å². The van der Waals surface area contributed by atoms with Gasteiger partial charge < -0.3 is 5.32 Å². The van der Waals surface area contributed by atoms with Crippen LogP contribution in [-0.2, 0) is 10.0 Å². The zero-order valence-electron chi connectivity index (χ0n) is 10.3. The summed E-state index contributed by atoms with van der Waals surface area (Å²) in [5, 5.41) is 3.17. The second-order valence-electron chi connectivity index (χ2n) is 4.64. The Balaban J connectivity index is 2.05. The highest BCUT2D eigenvalue weighted by atomic mass is 32.2. The third kappa shape index (κ3) is 3.71. The van der Waals surface area contributed by atoms with Gasteiger partial charge in [0.2, 0.25) is 10.0 Å². The Bertz CT molecular complexity index is 543. The van der Waals surface area contributed by atoms with E-state index >= 15 is 0 Å². The van der Waals surface area contributed by atoms with Crippen LogP contribution in [0.5, 0.6) is 0 Å². The van der Waals surface area contributed by atoms with E-state index < -0.39 is 26.6 Å². The number of halogens is 2. The molecule has 1 aliphatic rings. The van der Waals surface area contributed by atoms with Gasteiger partial charge in [-0.3, -0.25) is 0 Å². The molecule has 0 aliphatic carbocycles. The molecule has 1 saturated heterocycles. The summed E-state index contributed by atoms with van der Waals surface area (Å²) in [6.07, 6.45) is 1.93. The molecular weight excluding hydrogens is 274 g/mol. The molecule has 4 nitrogen and oxygen atoms in total. The van der Waals surface area contributed by atoms with Gasteiger partial charge in [-0.2, -0.15) is 0 Å². The molecule has 0 aromatic heterocycles. The summed E-state index contributed by atoms with van der Waals surface area (Å²) in [5.74, 6) is -1.67. The second kappa shape index (κ2) is 5.94. The van der Waals surface area contributed by atoms with E-state index in [9.17, 15) is 17.2 Å². The molecule has 0 spiro atoms. The molecule has 2 rings (SSSR count). The van der Waals surface area contributed by atoms with Gasteiger partial charge in [0, 0.05) is 12.6 Å². The molecule has 1 fully saturated rings. The van der Waals surface area contributed by atoms with Crippen molar-refractivity contribution in [3.8, 4) is 0 Å². The quantitative estimate of drug-likeness (QED) is 0.877. The Morgan fingerprint density at radius 1 is 1.37 bits per heavy atom. The summed E-state index contributed by atoms with van der Waals surface area (Å²) in [5.41, 5.74) is 0. The number of sulfonamides is 1. The number of hydrogen-bond donors (Lipinski definition) is 2. The fraction of sp³-hybridized carbons (Fsp3) is 0.500. The molecule has 0 unspecified atom stereocenters. The van der Waals surface area contributed by atoms with E-state index in [0.717, 1.165) is 38.1 Å². The van der Waals surface area contributed by atoms with Gasteiger partial charge in [0.25, 0.3) is 0 Å². The van der Waals surface area contributed by atoms with Crippen LogP contribution < -0.4 is 10.0 Å². The molecule has 7 heteroatoms. The van der Waals surface area contributed by atoms with Crippen LogP contribution in [0.1, 0.15) is 12.8 Å². The van der Waals surface area contributed by atoms with Gasteiger partial charge >= 0.3 is 0 Å². The third-order valence-electron chi connectivity index (χ3n) is 3.14. The van der Waals surface area contributed by atoms with Gasteiger partial charge in [-0.25, -0.2) is 21.9 Å². The summed E-state index contributed by atoms with van der Waals surface area (Å²) in [7, 11) is -3.93. The van der Waals surface area contributed by atoms with Crippen LogP contribution in [0.4, 0.5) is 8.78 Å². The van der Waals surface area contributed by atoms with Crippen molar-refractivity contribution in [2.75, 3.05) is 19.6 Å². The first kappa shape index (κ1) is 14.4. The lowest BCUT2D eigenvalue weighted by Gasteiger charge is -2.22. The van der Waals surface area contributed by atoms with E-state index in [1.807, 2.05) is 0 Å². The van der Waals surface area contributed by atoms with Crippen LogP contribution in [0.2, 0.25) is 0 Å². The fourth-order valence-electron chi connectivity index (χ4n) is 2.10. The number of rotatable bonds is 4. The molecule has 19 heavy (non-hydrogen) atoms. The number of piperidine rings is 1. The highest BCUT2D eigenvalue weighted by molar-refractivity contribution is 7.89. The predicted molar refractivity (Wildman–Crippen MR) is 67.1 cm³/mol. The first-order valence-electron chi connectivity index (χ1n) is 6.14. The first-order valence-corrected chi connectivity index (χ1v) is 7.63. The third-order valence-corrected chi connectivity index (χ3v) is 4.60. The van der Waals surface area contributed by atoms with Crippen LogP contribution >= 0.6 is 0 Å². The minimum absolute atomic E-state index is 0.201. The van der Waals surface area contributed by atoms with Gasteiger partial charge in [-0.15, -0.1) is 0 Å². The monoisotopic (exact) mass is 290 g/mol. The predicted octanol–water partition coefficient (Wildman–Crippen LogP) is 1.24. The average Bonchev–Trinajstić information content (AvgIpc) is 2.37. The summed E-state index contributed by atoms with van der Waals surface area (Å²) in [6.45, 7) is 1.94. The number of benzene rings is 1. The SMILES string of the molecule is O=S(=O)(NC[C@H]1CCCNC1)c1ccc(F)cc1F. The molecule has 0 amide bonds. The Labute approximate surface area is 111 Å². The topological polar surface area (TPSA) is 58.2 Å². The zero-order valence-corrected chi connectivity index (χ0v) is 11.1. The van der Waals surface area contributed by atoms with E-state index in [1.54, 1.807) is 0 Å². The maximum atomic E-state index is 13.4. The average molecular weight is 290 g/mol. The maximum absolute atomic E-state index is 13.4. The Morgan fingerprint density at radius 2 is 2.16 bits per heavy atom. The van der Waals surface area contributed by atoms with Crippen LogP contribution in [0.15, 0.2) is 23.1 Å². The summed E-state index contributed by atoms with van der Waals surface area (Å²) in [4.78, 5) is -0.516. The Hall–Kier alpha value is -1.05. The molecule has 1 aromatic rings. The lowest BCUT2D eigenvalue weighted by molar-refractivity contribution is 0.375. The standard InChI is InChI=1S/C12H16F2N2O2S/c13-10-3-4-12(11(14)6-10)19(17,18)16-8-9-2-1-5-15-7-9/h3-4,6,9,15-16H,1-2,5,7-8H2/t9-/m0/s1. The molecule has 1 heterocycles. The Kier molecular flexibility index (Phi) is 4.49. The smallest absolute Gasteiger partial charge is 0.243 e. The molecule has 0 saturated carbocycles. The maximum Gasteiger partial charge on any atom is 0.243 e. The highest BCUT2D eigenvalue weighted by Crippen LogP contribution is 2.16. The number of nitrogens with one attached hydrogen (secondary N) is 2. The molecule has 0 bridgehead atoms. The molecule has 2 N–H and O–H groups in total. The molecule has 1 aliphatic heterocycles. The molecule has 1 aromatic carbocycles. The lowest BCUT2D eigenvalue weighted by Crippen LogP contribution is -2.38. The summed E-state index contributed by atoms with van der Waals surface area (Å²) >= 11 is 0. The van der Waals surface area contributed by atoms with Crippen molar-refractivity contribution in [1.29, 1.82) is 0 Å². The Morgan fingerprint density at radius 3 is 2.79 bits per heavy atom. The van der Waals surface area contributed by atoms with Gasteiger partial charge in [0.05, 0.1) is 0 Å². The van der Waals surface area contributed by atoms with E-state index in [-0.39, 0.29) is 12.5 Å². The van der Waals surface area contributed by atoms with Crippen molar-refractivity contribution in [3.05, 3.63) is 29.8 Å². The normalized spacial score (nSPS) is 20.4. The molecular formula is C12H16F2N2O2S. The van der Waals surface area contributed by atoms with Gasteiger partial charge in [-0.05, 0) is 44.0 Å². The van der Waals surface area contributed by atoms with E-state index in [1.165, 1.54) is 0 Å². The van der Waals surface area contributed by atoms with Crippen molar-refractivity contribution in [1.82, 2.24) is 10.0 Å². The van der Waals surface area contributed by atoms with Crippen molar-refractivity contribution in [2.24, 2.45) is 5.92 Å². The molecule has 0 radical (unpaired) electrons. The van der Waals surface area contributed by atoms with Crippen LogP contribution in [0.3, 0.4) is 0 Å². The van der Waals surface area contributed by atoms with Crippen molar-refractivity contribution in [2.45, 2.75) is 17.7 Å². The van der Waals surface area contributed by atoms with Crippen LogP contribution in [-0.4, -0.2) is 28.1 Å². The number of hydrogen-bond acceptors (Lipinski definition) is 3. The minimum Gasteiger partial charge on any atom is -0.316 e. The van der Waals surface area contributed by atoms with E-state index in [2.05, 4.69) is 10.0 Å². The van der Waals surface area contributed by atoms with Gasteiger partial charge in [0.1, 0.15) is 16.5 Å². The molecule has 1 atom stereocenters. The zero-order chi connectivity index (χ0) is 13.9. The van der Waals surface area contributed by atoms with Crippen LogP contribution in [0.25, 0.3) is 0 Å². The van der Waals surface area contributed by atoms with Gasteiger partial charge in [0.15, 0.2) is 0 Å². The van der Waals surface area contributed by atoms with Crippen molar-refractivity contribution in [3.63, 3.8) is 0 Å². The first-order chi connectivity index (χ1) is 8.99. The lowest BCUT2D eigenvalue weighted by atomic mass is 10.0. The van der Waals surface area contributed by atoms with Crippen LogP contribution in [0, 0.1) is 17.6 Å². The second-order valence-corrected chi connectivity index (χ2v) is 6.37. The van der Waals surface area contributed by atoms with Crippen molar-refractivity contribution >= 4 is 10.0 Å². The largest absolute Gasteiger partial charge is 0.316 e. The van der Waals surface area contributed by atoms with Gasteiger partial charge in [-0.1, -0.05) is 0 Å². The summed E-state index contributed by atoms with van der Waals surface area (Å²) in [6, 6.07) is 2.43. The minimum atomic E-state index is -3.93. The van der Waals surface area contributed by atoms with Crippen molar-refractivity contribution < 1.29 is 17.2 Å². The molecule has 106 valence electrons. The summed E-state index contributed by atoms with van der Waals surface area (Å²) < 4.78 is 52.4. The van der Waals surface area contributed by atoms with E-state index in [4.69, 9.17) is 0 Å². The highest BCUT2D eigenvalue weighted by Gasteiger charge is 2.21. The fourth-order valence-corrected chi connectivity index (χ4v) is 3.27.